The van der Waals surface area contributed by atoms with Crippen LogP contribution in [0.5, 0.6) is 0 Å². The average molecular weight is 420 g/mol. The first-order chi connectivity index (χ1) is 14.7. The molecule has 1 aliphatic heterocycles. The summed E-state index contributed by atoms with van der Waals surface area (Å²) in [4.78, 5) is 21.2. The minimum atomic E-state index is 0.0203. The van der Waals surface area contributed by atoms with E-state index in [1.807, 2.05) is 40.5 Å². The predicted octanol–water partition coefficient (Wildman–Crippen LogP) is 3.38. The Morgan fingerprint density at radius 1 is 1.27 bits per heavy atom. The van der Waals surface area contributed by atoms with Gasteiger partial charge in [0.15, 0.2) is 0 Å². The van der Waals surface area contributed by atoms with Crippen LogP contribution < -0.4 is 5.32 Å². The van der Waals surface area contributed by atoms with E-state index in [0.29, 0.717) is 19.6 Å². The Balaban J connectivity index is 1.31. The van der Waals surface area contributed by atoms with Crippen LogP contribution in [0.2, 0.25) is 0 Å². The molecule has 0 bridgehead atoms. The van der Waals surface area contributed by atoms with Crippen LogP contribution in [0.4, 0.5) is 0 Å². The van der Waals surface area contributed by atoms with Gasteiger partial charge in [0.05, 0.1) is 29.5 Å². The van der Waals surface area contributed by atoms with Gasteiger partial charge in [-0.15, -0.1) is 11.3 Å². The molecular formula is C22H21N5O2S. The van der Waals surface area contributed by atoms with Crippen molar-refractivity contribution < 1.29 is 9.53 Å². The molecule has 7 nitrogen and oxygen atoms in total. The summed E-state index contributed by atoms with van der Waals surface area (Å²) in [6.07, 6.45) is 7.57. The third-order valence-corrected chi connectivity index (χ3v) is 6.08. The van der Waals surface area contributed by atoms with Gasteiger partial charge in [0.1, 0.15) is 5.01 Å². The van der Waals surface area contributed by atoms with Crippen molar-refractivity contribution in [2.45, 2.75) is 25.3 Å². The molecule has 4 aromatic rings. The number of amides is 1. The van der Waals surface area contributed by atoms with Gasteiger partial charge < -0.3 is 10.1 Å². The van der Waals surface area contributed by atoms with Crippen LogP contribution in [-0.4, -0.2) is 44.9 Å². The molecule has 152 valence electrons. The third kappa shape index (κ3) is 4.10. The van der Waals surface area contributed by atoms with Gasteiger partial charge in [0.2, 0.25) is 5.91 Å². The molecule has 1 aromatic carbocycles. The molecule has 1 aliphatic rings. The van der Waals surface area contributed by atoms with Gasteiger partial charge in [-0.1, -0.05) is 0 Å². The van der Waals surface area contributed by atoms with E-state index in [1.54, 1.807) is 23.7 Å². The van der Waals surface area contributed by atoms with Crippen molar-refractivity contribution in [1.29, 1.82) is 0 Å². The number of hydrogen-bond acceptors (Lipinski definition) is 6. The highest BCUT2D eigenvalue weighted by Crippen LogP contribution is 2.27. The van der Waals surface area contributed by atoms with E-state index in [1.165, 1.54) is 0 Å². The normalized spacial score (nSPS) is 14.8. The van der Waals surface area contributed by atoms with E-state index in [0.717, 1.165) is 45.7 Å². The van der Waals surface area contributed by atoms with Gasteiger partial charge in [-0.2, -0.15) is 5.10 Å². The number of ether oxygens (including phenoxy) is 1. The summed E-state index contributed by atoms with van der Waals surface area (Å²) in [5, 5.41) is 11.6. The van der Waals surface area contributed by atoms with Gasteiger partial charge in [0, 0.05) is 48.0 Å². The van der Waals surface area contributed by atoms with Crippen LogP contribution in [0.25, 0.3) is 27.2 Å². The second-order valence-electron chi connectivity index (χ2n) is 7.33. The molecule has 1 saturated heterocycles. The lowest BCUT2D eigenvalue weighted by atomic mass is 10.1. The van der Waals surface area contributed by atoms with Gasteiger partial charge in [0.25, 0.3) is 0 Å². The smallest absolute Gasteiger partial charge is 0.226 e. The summed E-state index contributed by atoms with van der Waals surface area (Å²) in [6.45, 7) is 1.43. The number of nitrogens with one attached hydrogen (secondary N) is 1. The summed E-state index contributed by atoms with van der Waals surface area (Å²) >= 11 is 1.55. The van der Waals surface area contributed by atoms with Crippen molar-refractivity contribution in [3.63, 3.8) is 0 Å². The molecule has 0 unspecified atom stereocenters. The van der Waals surface area contributed by atoms with E-state index < -0.39 is 0 Å². The number of carbonyl (C=O) groups is 1. The molecule has 1 amide bonds. The van der Waals surface area contributed by atoms with Gasteiger partial charge in [-0.05, 0) is 43.2 Å². The second kappa shape index (κ2) is 8.33. The highest BCUT2D eigenvalue weighted by Gasteiger charge is 2.17. The molecule has 30 heavy (non-hydrogen) atoms. The summed E-state index contributed by atoms with van der Waals surface area (Å²) in [6, 6.07) is 10.2. The third-order valence-electron chi connectivity index (χ3n) is 5.14. The molecule has 5 rings (SSSR count). The van der Waals surface area contributed by atoms with E-state index in [4.69, 9.17) is 4.74 Å². The number of thiazole rings is 1. The summed E-state index contributed by atoms with van der Waals surface area (Å²) in [5.74, 6) is 0.0203. The molecule has 0 spiro atoms. The minimum absolute atomic E-state index is 0.0203. The van der Waals surface area contributed by atoms with Gasteiger partial charge in [-0.3, -0.25) is 9.78 Å². The highest BCUT2D eigenvalue weighted by molar-refractivity contribution is 7.13. The highest BCUT2D eigenvalue weighted by atomic mass is 32.1. The fraction of sp³-hybridized carbons (Fsp3) is 0.273. The Morgan fingerprint density at radius 3 is 3.00 bits per heavy atom. The molecule has 4 heterocycles. The van der Waals surface area contributed by atoms with Gasteiger partial charge >= 0.3 is 0 Å². The summed E-state index contributed by atoms with van der Waals surface area (Å²) in [7, 11) is 0. The number of rotatable bonds is 5. The van der Waals surface area contributed by atoms with Crippen LogP contribution in [0.15, 0.2) is 54.3 Å². The average Bonchev–Trinajstić information content (AvgIpc) is 3.41. The van der Waals surface area contributed by atoms with Crippen LogP contribution >= 0.6 is 11.3 Å². The molecule has 0 radical (unpaired) electrons. The van der Waals surface area contributed by atoms with Crippen molar-refractivity contribution in [2.75, 3.05) is 13.2 Å². The number of pyridine rings is 1. The van der Waals surface area contributed by atoms with Crippen molar-refractivity contribution >= 4 is 28.1 Å². The Morgan fingerprint density at radius 2 is 2.17 bits per heavy atom. The zero-order valence-corrected chi connectivity index (χ0v) is 17.1. The second-order valence-corrected chi connectivity index (χ2v) is 8.19. The zero-order valence-electron chi connectivity index (χ0n) is 16.3. The Hall–Kier alpha value is -3.10. The fourth-order valence-corrected chi connectivity index (χ4v) is 4.40. The predicted molar refractivity (Wildman–Crippen MR) is 116 cm³/mol. The molecule has 0 saturated carbocycles. The zero-order chi connectivity index (χ0) is 20.3. The lowest BCUT2D eigenvalue weighted by molar-refractivity contribution is -0.121. The largest absolute Gasteiger partial charge is 0.381 e. The van der Waals surface area contributed by atoms with Crippen molar-refractivity contribution in [2.24, 2.45) is 0 Å². The number of benzene rings is 1. The molecular weight excluding hydrogens is 398 g/mol. The number of fused-ring (bicyclic) bond motifs is 1. The lowest BCUT2D eigenvalue weighted by Gasteiger charge is -2.22. The van der Waals surface area contributed by atoms with Crippen LogP contribution in [0, 0.1) is 0 Å². The quantitative estimate of drug-likeness (QED) is 0.536. The maximum absolute atomic E-state index is 12.3. The van der Waals surface area contributed by atoms with Crippen molar-refractivity contribution in [3.05, 3.63) is 60.0 Å². The minimum Gasteiger partial charge on any atom is -0.381 e. The van der Waals surface area contributed by atoms with Crippen LogP contribution in [0.3, 0.4) is 0 Å². The van der Waals surface area contributed by atoms with E-state index in [9.17, 15) is 4.79 Å². The summed E-state index contributed by atoms with van der Waals surface area (Å²) in [5.41, 5.74) is 3.65. The van der Waals surface area contributed by atoms with E-state index in [-0.39, 0.29) is 11.9 Å². The first kappa shape index (κ1) is 18.9. The maximum Gasteiger partial charge on any atom is 0.226 e. The Labute approximate surface area is 177 Å². The van der Waals surface area contributed by atoms with Crippen molar-refractivity contribution in [3.8, 4) is 16.3 Å². The molecule has 1 fully saturated rings. The van der Waals surface area contributed by atoms with Crippen LogP contribution in [0.1, 0.15) is 18.5 Å². The molecule has 0 aliphatic carbocycles. The molecule has 0 atom stereocenters. The number of nitrogens with zero attached hydrogens (tertiary/aromatic N) is 4. The number of aromatic nitrogens is 4. The maximum atomic E-state index is 12.3. The topological polar surface area (TPSA) is 81.9 Å². The van der Waals surface area contributed by atoms with Crippen LogP contribution in [-0.2, 0) is 16.0 Å². The van der Waals surface area contributed by atoms with E-state index >= 15 is 0 Å². The van der Waals surface area contributed by atoms with Crippen molar-refractivity contribution in [1.82, 2.24) is 25.1 Å². The first-order valence-electron chi connectivity index (χ1n) is 9.96. The fourth-order valence-electron chi connectivity index (χ4n) is 3.59. The molecule has 3 aromatic heterocycles. The summed E-state index contributed by atoms with van der Waals surface area (Å²) < 4.78 is 7.17. The Bertz CT molecular complexity index is 1160. The number of hydrogen-bond donors (Lipinski definition) is 1. The first-order valence-corrected chi connectivity index (χ1v) is 10.8. The SMILES string of the molecule is O=C(Cc1csc(-c2ccc3nn(-c4cccnc4)cc3c2)n1)NC1CCOCC1. The lowest BCUT2D eigenvalue weighted by Crippen LogP contribution is -2.39. The monoisotopic (exact) mass is 419 g/mol. The number of carbonyl (C=O) groups excluding carboxylic acids is 1. The van der Waals surface area contributed by atoms with E-state index in [2.05, 4.69) is 26.4 Å². The molecule has 1 N–H and O–H groups in total. The van der Waals surface area contributed by atoms with Gasteiger partial charge in [-0.25, -0.2) is 9.67 Å². The molecule has 8 heteroatoms. The Kier molecular flexibility index (Phi) is 5.25. The standard InChI is InChI=1S/C22H21N5O2S/c28-21(24-17-5-8-29-9-6-17)11-18-14-30-22(25-18)15-3-4-20-16(10-15)13-27(26-20)19-2-1-7-23-12-19/h1-4,7,10,12-14,17H,5-6,8-9,11H2,(H,24,28).